The van der Waals surface area contributed by atoms with E-state index in [-0.39, 0.29) is 0 Å². The summed E-state index contributed by atoms with van der Waals surface area (Å²) in [6.07, 6.45) is 0. The van der Waals surface area contributed by atoms with E-state index in [1.165, 1.54) is 44.5 Å². The van der Waals surface area contributed by atoms with Gasteiger partial charge >= 0.3 is 0 Å². The first-order valence-corrected chi connectivity index (χ1v) is 19.9. The lowest BCUT2D eigenvalue weighted by molar-refractivity contribution is 0.669. The molecule has 0 radical (unpaired) electrons. The lowest BCUT2D eigenvalue weighted by atomic mass is 9.70. The summed E-state index contributed by atoms with van der Waals surface area (Å²) in [4.78, 5) is 2.46. The Morgan fingerprint density at radius 2 is 0.862 bits per heavy atom. The number of furan rings is 2. The summed E-state index contributed by atoms with van der Waals surface area (Å²) in [7, 11) is 0. The zero-order valence-electron chi connectivity index (χ0n) is 31.3. The Morgan fingerprint density at radius 1 is 0.345 bits per heavy atom. The predicted molar refractivity (Wildman–Crippen MR) is 237 cm³/mol. The fourth-order valence-electron chi connectivity index (χ4n) is 10.4. The first kappa shape index (κ1) is 31.6. The van der Waals surface area contributed by atoms with Crippen molar-refractivity contribution in [3.8, 4) is 33.4 Å². The third-order valence-electron chi connectivity index (χ3n) is 12.7. The Balaban J connectivity index is 1.09. The van der Waals surface area contributed by atoms with Gasteiger partial charge in [0.25, 0.3) is 0 Å². The lowest BCUT2D eigenvalue weighted by Gasteiger charge is -2.32. The maximum absolute atomic E-state index is 6.52. The van der Waals surface area contributed by atoms with Gasteiger partial charge in [-0.05, 0) is 87.0 Å². The van der Waals surface area contributed by atoms with Crippen molar-refractivity contribution in [2.45, 2.75) is 5.41 Å². The molecular weight excluding hydrogens is 707 g/mol. The Labute approximate surface area is 334 Å². The summed E-state index contributed by atoms with van der Waals surface area (Å²) >= 11 is 0. The second-order valence-corrected chi connectivity index (χ2v) is 15.5. The van der Waals surface area contributed by atoms with Crippen molar-refractivity contribution in [3.05, 3.63) is 222 Å². The minimum atomic E-state index is -0.454. The standard InChI is InChI=1S/C55H33NO2/c1-6-21-43-37(14-1)38-15-2-7-22-44(38)55(43)45-23-8-3-17-41(45)52-46(55)24-12-25-47(52)56(48-26-13-29-51-53(48)42-18-5-10-28-50(42)57-51)35-32-30-34(31-33-35)36-19-11-20-40-39-16-4-9-27-49(39)58-54(36)40/h1-33H. The van der Waals surface area contributed by atoms with Gasteiger partial charge in [-0.2, -0.15) is 0 Å². The maximum atomic E-state index is 6.52. The fraction of sp³-hybridized carbons (Fsp3) is 0.0182. The first-order valence-electron chi connectivity index (χ1n) is 19.9. The number of benzene rings is 9. The van der Waals surface area contributed by atoms with Gasteiger partial charge in [0.05, 0.1) is 22.2 Å². The molecule has 0 fully saturated rings. The summed E-state index contributed by atoms with van der Waals surface area (Å²) in [6, 6.07) is 72.5. The zero-order valence-corrected chi connectivity index (χ0v) is 31.3. The van der Waals surface area contributed by atoms with Gasteiger partial charge in [0.15, 0.2) is 0 Å². The van der Waals surface area contributed by atoms with Gasteiger partial charge < -0.3 is 13.7 Å². The monoisotopic (exact) mass is 739 g/mol. The highest BCUT2D eigenvalue weighted by molar-refractivity contribution is 6.15. The van der Waals surface area contributed by atoms with E-state index in [1.807, 2.05) is 18.2 Å². The molecule has 58 heavy (non-hydrogen) atoms. The fourth-order valence-corrected chi connectivity index (χ4v) is 10.4. The first-order chi connectivity index (χ1) is 28.8. The molecule has 0 unspecified atom stereocenters. The van der Waals surface area contributed by atoms with Gasteiger partial charge in [-0.15, -0.1) is 0 Å². The Bertz CT molecular complexity index is 3430. The average Bonchev–Trinajstić information content (AvgIpc) is 4.03. The summed E-state index contributed by atoms with van der Waals surface area (Å²) < 4.78 is 13.0. The van der Waals surface area contributed by atoms with Crippen LogP contribution in [0.4, 0.5) is 17.1 Å². The Morgan fingerprint density at radius 3 is 1.62 bits per heavy atom. The molecular formula is C55H33NO2. The third-order valence-corrected chi connectivity index (χ3v) is 12.7. The molecule has 9 aromatic carbocycles. The number of hydrogen-bond donors (Lipinski definition) is 0. The van der Waals surface area contributed by atoms with Crippen molar-refractivity contribution >= 4 is 60.9 Å². The third kappa shape index (κ3) is 4.07. The number of rotatable bonds is 4. The van der Waals surface area contributed by atoms with E-state index < -0.39 is 5.41 Å². The number of nitrogens with zero attached hydrogens (tertiary/aromatic N) is 1. The van der Waals surface area contributed by atoms with Gasteiger partial charge in [-0.25, -0.2) is 0 Å². The van der Waals surface area contributed by atoms with E-state index in [0.29, 0.717) is 0 Å². The highest BCUT2D eigenvalue weighted by atomic mass is 16.3. The number of anilines is 3. The molecule has 0 N–H and O–H groups in total. The molecule has 3 heteroatoms. The Hall–Kier alpha value is -7.62. The van der Waals surface area contributed by atoms with Crippen LogP contribution < -0.4 is 4.90 Å². The normalized spacial score (nSPS) is 13.3. The highest BCUT2D eigenvalue weighted by Gasteiger charge is 2.52. The number of fused-ring (bicyclic) bond motifs is 16. The molecule has 13 rings (SSSR count). The predicted octanol–water partition coefficient (Wildman–Crippen LogP) is 15.0. The largest absolute Gasteiger partial charge is 0.456 e. The second-order valence-electron chi connectivity index (χ2n) is 15.5. The molecule has 0 atom stereocenters. The molecule has 0 saturated heterocycles. The number of para-hydroxylation sites is 3. The average molecular weight is 740 g/mol. The van der Waals surface area contributed by atoms with Gasteiger partial charge in [0, 0.05) is 33.0 Å². The molecule has 11 aromatic rings. The van der Waals surface area contributed by atoms with Gasteiger partial charge in [0.1, 0.15) is 22.3 Å². The van der Waals surface area contributed by atoms with Crippen LogP contribution in [-0.4, -0.2) is 0 Å². The smallest absolute Gasteiger partial charge is 0.143 e. The van der Waals surface area contributed by atoms with Crippen LogP contribution in [0, 0.1) is 0 Å². The minimum absolute atomic E-state index is 0.454. The molecule has 0 bridgehead atoms. The van der Waals surface area contributed by atoms with Crippen molar-refractivity contribution in [2.24, 2.45) is 0 Å². The van der Waals surface area contributed by atoms with Crippen LogP contribution in [0.3, 0.4) is 0 Å². The van der Waals surface area contributed by atoms with Crippen LogP contribution in [0.5, 0.6) is 0 Å². The van der Waals surface area contributed by atoms with Crippen LogP contribution in [-0.2, 0) is 5.41 Å². The second kappa shape index (κ2) is 11.7. The van der Waals surface area contributed by atoms with Crippen molar-refractivity contribution in [1.29, 1.82) is 0 Å². The van der Waals surface area contributed by atoms with E-state index in [2.05, 4.69) is 187 Å². The molecule has 2 aromatic heterocycles. The highest BCUT2D eigenvalue weighted by Crippen LogP contribution is 2.64. The summed E-state index contributed by atoms with van der Waals surface area (Å²) in [6.45, 7) is 0. The molecule has 0 saturated carbocycles. The van der Waals surface area contributed by atoms with Gasteiger partial charge in [-0.3, -0.25) is 0 Å². The van der Waals surface area contributed by atoms with E-state index in [1.54, 1.807) is 0 Å². The van der Waals surface area contributed by atoms with Crippen molar-refractivity contribution in [3.63, 3.8) is 0 Å². The molecule has 0 amide bonds. The van der Waals surface area contributed by atoms with E-state index in [0.717, 1.165) is 72.1 Å². The number of hydrogen-bond acceptors (Lipinski definition) is 3. The van der Waals surface area contributed by atoms with Crippen molar-refractivity contribution in [1.82, 2.24) is 0 Å². The molecule has 2 aliphatic rings. The van der Waals surface area contributed by atoms with Gasteiger partial charge in [-0.1, -0.05) is 158 Å². The summed E-state index contributed by atoms with van der Waals surface area (Å²) in [5.41, 5.74) is 18.9. The van der Waals surface area contributed by atoms with E-state index in [9.17, 15) is 0 Å². The molecule has 2 heterocycles. The lowest BCUT2D eigenvalue weighted by Crippen LogP contribution is -2.26. The summed E-state index contributed by atoms with van der Waals surface area (Å²) in [5.74, 6) is 0. The van der Waals surface area contributed by atoms with Crippen LogP contribution in [0.2, 0.25) is 0 Å². The van der Waals surface area contributed by atoms with Crippen LogP contribution >= 0.6 is 0 Å². The molecule has 0 aliphatic heterocycles. The SMILES string of the molecule is c1ccc2c(c1)-c1ccccc1C21c2ccccc2-c2c(N(c3ccc(-c4cccc5c4oc4ccccc45)cc3)c3cccc4oc5ccccc5c34)cccc21. The van der Waals surface area contributed by atoms with Crippen LogP contribution in [0.25, 0.3) is 77.3 Å². The van der Waals surface area contributed by atoms with Crippen molar-refractivity contribution < 1.29 is 8.83 Å². The maximum Gasteiger partial charge on any atom is 0.143 e. The molecule has 270 valence electrons. The van der Waals surface area contributed by atoms with Crippen molar-refractivity contribution in [2.75, 3.05) is 4.90 Å². The van der Waals surface area contributed by atoms with Gasteiger partial charge in [0.2, 0.25) is 0 Å². The van der Waals surface area contributed by atoms with E-state index >= 15 is 0 Å². The topological polar surface area (TPSA) is 29.5 Å². The zero-order chi connectivity index (χ0) is 38.0. The Kier molecular flexibility index (Phi) is 6.37. The van der Waals surface area contributed by atoms with Crippen LogP contribution in [0.1, 0.15) is 22.3 Å². The quantitative estimate of drug-likeness (QED) is 0.180. The van der Waals surface area contributed by atoms with E-state index in [4.69, 9.17) is 8.83 Å². The molecule has 3 nitrogen and oxygen atoms in total. The molecule has 1 spiro atoms. The minimum Gasteiger partial charge on any atom is -0.456 e. The van der Waals surface area contributed by atoms with Crippen LogP contribution in [0.15, 0.2) is 209 Å². The molecule has 2 aliphatic carbocycles. The summed E-state index contributed by atoms with van der Waals surface area (Å²) in [5, 5.41) is 4.43.